The SMILES string of the molecule is Cc1ccc(C(C)NC(=O)c2cc(-c3ccccc3)nc3ncnn23)c(C)c1. The highest BCUT2D eigenvalue weighted by atomic mass is 16.2. The zero-order valence-electron chi connectivity index (χ0n) is 16.0. The summed E-state index contributed by atoms with van der Waals surface area (Å²) in [6.45, 7) is 6.09. The van der Waals surface area contributed by atoms with Crippen LogP contribution in [0.4, 0.5) is 0 Å². The Morgan fingerprint density at radius 1 is 1.07 bits per heavy atom. The third-order valence-corrected chi connectivity index (χ3v) is 4.79. The lowest BCUT2D eigenvalue weighted by Gasteiger charge is -2.17. The quantitative estimate of drug-likeness (QED) is 0.590. The van der Waals surface area contributed by atoms with Gasteiger partial charge in [-0.25, -0.2) is 4.98 Å². The van der Waals surface area contributed by atoms with E-state index in [4.69, 9.17) is 0 Å². The molecule has 0 fully saturated rings. The Balaban J connectivity index is 1.69. The summed E-state index contributed by atoms with van der Waals surface area (Å²) in [5, 5.41) is 7.24. The molecule has 0 aliphatic rings. The predicted molar refractivity (Wildman–Crippen MR) is 108 cm³/mol. The van der Waals surface area contributed by atoms with Gasteiger partial charge in [0.25, 0.3) is 11.7 Å². The van der Waals surface area contributed by atoms with Crippen LogP contribution in [0.3, 0.4) is 0 Å². The van der Waals surface area contributed by atoms with Crippen molar-refractivity contribution < 1.29 is 4.79 Å². The van der Waals surface area contributed by atoms with Crippen molar-refractivity contribution in [1.82, 2.24) is 24.9 Å². The maximum atomic E-state index is 13.1. The van der Waals surface area contributed by atoms with Gasteiger partial charge in [0.15, 0.2) is 0 Å². The van der Waals surface area contributed by atoms with Crippen LogP contribution in [-0.4, -0.2) is 25.5 Å². The number of hydrogen-bond acceptors (Lipinski definition) is 4. The van der Waals surface area contributed by atoms with Gasteiger partial charge in [-0.05, 0) is 38.0 Å². The molecule has 1 unspecified atom stereocenters. The van der Waals surface area contributed by atoms with Crippen molar-refractivity contribution in [1.29, 1.82) is 0 Å². The number of aromatic nitrogens is 4. The van der Waals surface area contributed by atoms with E-state index in [9.17, 15) is 4.79 Å². The molecule has 0 aliphatic heterocycles. The van der Waals surface area contributed by atoms with Crippen molar-refractivity contribution in [3.05, 3.63) is 83.3 Å². The summed E-state index contributed by atoms with van der Waals surface area (Å²) in [5.74, 6) is 0.174. The van der Waals surface area contributed by atoms with E-state index in [1.54, 1.807) is 6.07 Å². The number of carbonyl (C=O) groups excluding carboxylic acids is 1. The molecule has 6 nitrogen and oxygen atoms in total. The van der Waals surface area contributed by atoms with Gasteiger partial charge < -0.3 is 5.32 Å². The molecule has 0 spiro atoms. The van der Waals surface area contributed by atoms with Crippen LogP contribution in [-0.2, 0) is 0 Å². The summed E-state index contributed by atoms with van der Waals surface area (Å²) in [4.78, 5) is 21.8. The predicted octanol–water partition coefficient (Wildman–Crippen LogP) is 3.90. The summed E-state index contributed by atoms with van der Waals surface area (Å²) in [6, 6.07) is 17.6. The second-order valence-corrected chi connectivity index (χ2v) is 6.92. The zero-order chi connectivity index (χ0) is 19.7. The van der Waals surface area contributed by atoms with Crippen LogP contribution in [0.15, 0.2) is 60.9 Å². The van der Waals surface area contributed by atoms with Crippen LogP contribution in [0.25, 0.3) is 17.0 Å². The van der Waals surface area contributed by atoms with Crippen LogP contribution in [0.2, 0.25) is 0 Å². The van der Waals surface area contributed by atoms with Gasteiger partial charge in [-0.3, -0.25) is 4.79 Å². The molecule has 2 aromatic heterocycles. The van der Waals surface area contributed by atoms with Crippen molar-refractivity contribution in [2.45, 2.75) is 26.8 Å². The van der Waals surface area contributed by atoms with E-state index in [1.807, 2.05) is 37.3 Å². The van der Waals surface area contributed by atoms with Crippen LogP contribution >= 0.6 is 0 Å². The number of nitrogens with zero attached hydrogens (tertiary/aromatic N) is 4. The Kier molecular flexibility index (Phi) is 4.61. The number of aryl methyl sites for hydroxylation is 2. The molecule has 0 saturated carbocycles. The maximum absolute atomic E-state index is 13.1. The molecule has 140 valence electrons. The first-order chi connectivity index (χ1) is 13.5. The molecule has 28 heavy (non-hydrogen) atoms. The van der Waals surface area contributed by atoms with Crippen molar-refractivity contribution in [3.63, 3.8) is 0 Å². The number of carbonyl (C=O) groups is 1. The minimum Gasteiger partial charge on any atom is -0.344 e. The zero-order valence-corrected chi connectivity index (χ0v) is 16.0. The Morgan fingerprint density at radius 3 is 2.61 bits per heavy atom. The van der Waals surface area contributed by atoms with Gasteiger partial charge in [0, 0.05) is 5.56 Å². The smallest absolute Gasteiger partial charge is 0.270 e. The van der Waals surface area contributed by atoms with E-state index < -0.39 is 0 Å². The first kappa shape index (κ1) is 17.9. The molecule has 2 heterocycles. The third-order valence-electron chi connectivity index (χ3n) is 4.79. The summed E-state index contributed by atoms with van der Waals surface area (Å²) >= 11 is 0. The summed E-state index contributed by atoms with van der Waals surface area (Å²) in [6.07, 6.45) is 1.40. The molecular weight excluding hydrogens is 350 g/mol. The van der Waals surface area contributed by atoms with E-state index in [0.717, 1.165) is 16.7 Å². The Morgan fingerprint density at radius 2 is 1.86 bits per heavy atom. The minimum absolute atomic E-state index is 0.139. The van der Waals surface area contributed by atoms with Gasteiger partial charge in [-0.2, -0.15) is 14.6 Å². The normalized spacial score (nSPS) is 12.1. The Hall–Kier alpha value is -3.54. The molecule has 1 amide bonds. The second-order valence-electron chi connectivity index (χ2n) is 6.92. The number of amides is 1. The number of benzene rings is 2. The van der Waals surface area contributed by atoms with Gasteiger partial charge in [-0.1, -0.05) is 54.1 Å². The van der Waals surface area contributed by atoms with E-state index in [2.05, 4.69) is 52.4 Å². The minimum atomic E-state index is -0.220. The molecule has 2 aromatic carbocycles. The standard InChI is InChI=1S/C22H21N5O/c1-14-9-10-18(15(2)11-14)16(3)25-21(28)20-12-19(17-7-5-4-6-8-17)26-22-23-13-24-27(20)22/h4-13,16H,1-3H3,(H,25,28). The lowest BCUT2D eigenvalue weighted by molar-refractivity contribution is 0.0932. The highest BCUT2D eigenvalue weighted by Crippen LogP contribution is 2.21. The fraction of sp³-hybridized carbons (Fsp3) is 0.182. The first-order valence-electron chi connectivity index (χ1n) is 9.17. The van der Waals surface area contributed by atoms with Gasteiger partial charge in [-0.15, -0.1) is 0 Å². The largest absolute Gasteiger partial charge is 0.344 e. The van der Waals surface area contributed by atoms with Crippen molar-refractivity contribution >= 4 is 11.7 Å². The van der Waals surface area contributed by atoms with E-state index in [0.29, 0.717) is 17.2 Å². The fourth-order valence-corrected chi connectivity index (χ4v) is 3.39. The van der Waals surface area contributed by atoms with Crippen LogP contribution < -0.4 is 5.32 Å². The molecule has 0 saturated heterocycles. The van der Waals surface area contributed by atoms with E-state index in [-0.39, 0.29) is 11.9 Å². The number of nitrogens with one attached hydrogen (secondary N) is 1. The van der Waals surface area contributed by atoms with Crippen molar-refractivity contribution in [2.75, 3.05) is 0 Å². The maximum Gasteiger partial charge on any atom is 0.270 e. The van der Waals surface area contributed by atoms with Gasteiger partial charge in [0.05, 0.1) is 11.7 Å². The van der Waals surface area contributed by atoms with Gasteiger partial charge >= 0.3 is 0 Å². The molecule has 1 atom stereocenters. The van der Waals surface area contributed by atoms with Crippen LogP contribution in [0.5, 0.6) is 0 Å². The first-order valence-corrected chi connectivity index (χ1v) is 9.17. The third kappa shape index (κ3) is 3.36. The molecule has 0 bridgehead atoms. The summed E-state index contributed by atoms with van der Waals surface area (Å²) in [5.41, 5.74) is 5.45. The highest BCUT2D eigenvalue weighted by molar-refractivity contribution is 5.94. The van der Waals surface area contributed by atoms with Crippen LogP contribution in [0, 0.1) is 13.8 Å². The van der Waals surface area contributed by atoms with E-state index in [1.165, 1.54) is 16.4 Å². The van der Waals surface area contributed by atoms with Crippen LogP contribution in [0.1, 0.15) is 40.1 Å². The fourth-order valence-electron chi connectivity index (χ4n) is 3.39. The number of fused-ring (bicyclic) bond motifs is 1. The van der Waals surface area contributed by atoms with Crippen molar-refractivity contribution in [2.24, 2.45) is 0 Å². The van der Waals surface area contributed by atoms with Gasteiger partial charge in [0.1, 0.15) is 12.0 Å². The summed E-state index contributed by atoms with van der Waals surface area (Å²) in [7, 11) is 0. The molecule has 1 N–H and O–H groups in total. The molecule has 6 heteroatoms. The average Bonchev–Trinajstić information content (AvgIpc) is 3.16. The van der Waals surface area contributed by atoms with Crippen molar-refractivity contribution in [3.8, 4) is 11.3 Å². The lowest BCUT2D eigenvalue weighted by Crippen LogP contribution is -2.29. The Labute approximate surface area is 163 Å². The monoisotopic (exact) mass is 371 g/mol. The molecule has 0 radical (unpaired) electrons. The number of hydrogen-bond donors (Lipinski definition) is 1. The molecule has 4 aromatic rings. The average molecular weight is 371 g/mol. The topological polar surface area (TPSA) is 72.2 Å². The molecule has 4 rings (SSSR count). The molecular formula is C22H21N5O. The summed E-state index contributed by atoms with van der Waals surface area (Å²) < 4.78 is 1.47. The molecule has 0 aliphatic carbocycles. The lowest BCUT2D eigenvalue weighted by atomic mass is 10.00. The van der Waals surface area contributed by atoms with Gasteiger partial charge in [0.2, 0.25) is 0 Å². The van der Waals surface area contributed by atoms with E-state index >= 15 is 0 Å². The highest BCUT2D eigenvalue weighted by Gasteiger charge is 2.18. The number of rotatable bonds is 4. The second kappa shape index (κ2) is 7.23. The Bertz CT molecular complexity index is 1150.